The van der Waals surface area contributed by atoms with Crippen molar-refractivity contribution in [1.29, 1.82) is 0 Å². The molecule has 0 fully saturated rings. The van der Waals surface area contributed by atoms with Gasteiger partial charge in [0.15, 0.2) is 23.0 Å². The zero-order valence-electron chi connectivity index (χ0n) is 48.8. The maximum absolute atomic E-state index is 7.03. The van der Waals surface area contributed by atoms with Crippen LogP contribution < -0.4 is 18.9 Å². The highest BCUT2D eigenvalue weighted by Crippen LogP contribution is 2.57. The summed E-state index contributed by atoms with van der Waals surface area (Å²) < 4.78 is 71.5. The van der Waals surface area contributed by atoms with Crippen LogP contribution in [0.15, 0.2) is 98.6 Å². The molecule has 436 valence electrons. The Kier molecular flexibility index (Phi) is 27.4. The van der Waals surface area contributed by atoms with Crippen LogP contribution in [0.5, 0.6) is 23.0 Å². The van der Waals surface area contributed by atoms with E-state index in [9.17, 15) is 0 Å². The lowest BCUT2D eigenvalue weighted by molar-refractivity contribution is 0.206. The molecule has 0 bridgehead atoms. The first-order chi connectivity index (χ1) is 39.7. The zero-order valence-corrected chi connectivity index (χ0v) is 48.8. The Morgan fingerprint density at radius 3 is 0.650 bits per heavy atom. The predicted molar refractivity (Wildman–Crippen MR) is 326 cm³/mol. The van der Waals surface area contributed by atoms with Crippen LogP contribution in [0.1, 0.15) is 156 Å². The van der Waals surface area contributed by atoms with Gasteiger partial charge in [0.1, 0.15) is 50.1 Å². The topological polar surface area (TPSA) is 111 Å². The molecule has 0 aliphatic heterocycles. The molecule has 0 amide bonds. The molecule has 0 unspecified atom stereocenters. The van der Waals surface area contributed by atoms with Crippen molar-refractivity contribution in [1.82, 2.24) is 0 Å². The van der Waals surface area contributed by atoms with Gasteiger partial charge in [-0.3, -0.25) is 0 Å². The third kappa shape index (κ3) is 17.7. The maximum atomic E-state index is 7.03. The van der Waals surface area contributed by atoms with E-state index in [1.807, 2.05) is 27.7 Å². The number of hydrogen-bond donors (Lipinski definition) is 0. The molecular weight excluding hydrogens is 1010 g/mol. The second-order valence-electron chi connectivity index (χ2n) is 20.3. The fourth-order valence-electron chi connectivity index (χ4n) is 10.6. The maximum Gasteiger partial charge on any atom is 0.169 e. The van der Waals surface area contributed by atoms with Crippen LogP contribution >= 0.6 is 0 Å². The molecule has 7 aromatic rings. The van der Waals surface area contributed by atoms with E-state index in [4.69, 9.17) is 56.8 Å². The summed E-state index contributed by atoms with van der Waals surface area (Å²) in [5.41, 5.74) is 0. The van der Waals surface area contributed by atoms with Crippen molar-refractivity contribution in [2.45, 2.75) is 156 Å². The van der Waals surface area contributed by atoms with Crippen LogP contribution in [-0.4, -0.2) is 79.3 Å². The molecule has 0 spiro atoms. The minimum absolute atomic E-state index is 0.600. The Morgan fingerprint density at radius 2 is 0.425 bits per heavy atom. The van der Waals surface area contributed by atoms with Crippen LogP contribution in [0, 0.1) is 0 Å². The van der Waals surface area contributed by atoms with E-state index in [1.165, 1.54) is 43.1 Å². The molecular formula is C68H92O12. The standard InChI is InChI=1S/C68H92O12/c1-5-69-45-49-73-37-21-13-9-17-25-41-77-65-55-33-29-53-31-35-57-63-59(53)61(55)62-56(66(65)78-42-26-18-10-14-22-38-74-50-46-70-6-2)34-30-54-32-36-58(64(63)60(54)62)68(80-44-28-20-12-16-24-40-76-52-48-72-8-4)67(57)79-43-27-19-11-15-23-39-75-51-47-71-7-3/h29-36,45-52H,5-28,37-44H2,1-4H3/b49-45+,50-46+,51-47+,52-48+. The Balaban J connectivity index is 1.16. The third-order valence-corrected chi connectivity index (χ3v) is 14.5. The van der Waals surface area contributed by atoms with Crippen LogP contribution in [0.2, 0.25) is 0 Å². The first kappa shape index (κ1) is 61.1. The highest BCUT2D eigenvalue weighted by molar-refractivity contribution is 6.46. The van der Waals surface area contributed by atoms with Gasteiger partial charge in [-0.25, -0.2) is 0 Å². The van der Waals surface area contributed by atoms with Crippen molar-refractivity contribution in [2.75, 3.05) is 79.3 Å². The quantitative estimate of drug-likeness (QED) is 0.0157. The van der Waals surface area contributed by atoms with Gasteiger partial charge in [0.2, 0.25) is 0 Å². The monoisotopic (exact) mass is 1100 g/mol. The van der Waals surface area contributed by atoms with Crippen LogP contribution in [0.4, 0.5) is 0 Å². The zero-order chi connectivity index (χ0) is 55.7. The largest absolute Gasteiger partial charge is 0.498 e. The van der Waals surface area contributed by atoms with Crippen LogP contribution in [0.25, 0.3) is 64.6 Å². The lowest BCUT2D eigenvalue weighted by Crippen LogP contribution is -2.07. The molecule has 7 aromatic carbocycles. The average molecular weight is 1100 g/mol. The van der Waals surface area contributed by atoms with E-state index in [0.29, 0.717) is 79.3 Å². The molecule has 0 saturated heterocycles. The smallest absolute Gasteiger partial charge is 0.169 e. The molecule has 0 aliphatic carbocycles. The normalized spacial score (nSPS) is 12.2. The van der Waals surface area contributed by atoms with Gasteiger partial charge >= 0.3 is 0 Å². The molecule has 12 heteroatoms. The van der Waals surface area contributed by atoms with Crippen LogP contribution in [-0.2, 0) is 37.9 Å². The van der Waals surface area contributed by atoms with Crippen molar-refractivity contribution in [2.24, 2.45) is 0 Å². The first-order valence-corrected chi connectivity index (χ1v) is 30.5. The average Bonchev–Trinajstić information content (AvgIpc) is 3.53. The number of hydrogen-bond acceptors (Lipinski definition) is 12. The molecule has 80 heavy (non-hydrogen) atoms. The molecule has 0 saturated carbocycles. The highest BCUT2D eigenvalue weighted by atomic mass is 16.5. The predicted octanol–water partition coefficient (Wildman–Crippen LogP) is 18.3. The SMILES string of the molecule is CCO/C=C/OCCCCCCCOc1c(OCCCCCCCO/C=C/OCC)c2ccc3ccc4c(OCCCCCCCO/C=C/OCC)c(OCCCCCCCO/C=C/OCC)c5ccc6ccc1c1c6c5c4c3c21. The number of benzene rings is 7. The van der Waals surface area contributed by atoms with Gasteiger partial charge < -0.3 is 56.8 Å². The lowest BCUT2D eigenvalue weighted by atomic mass is 9.82. The van der Waals surface area contributed by atoms with Crippen molar-refractivity contribution in [3.05, 3.63) is 98.6 Å². The summed E-state index contributed by atoms with van der Waals surface area (Å²) in [7, 11) is 0. The molecule has 12 nitrogen and oxygen atoms in total. The Labute approximate surface area is 476 Å². The van der Waals surface area contributed by atoms with Crippen molar-refractivity contribution in [3.63, 3.8) is 0 Å². The summed E-state index contributed by atoms with van der Waals surface area (Å²) in [6.45, 7) is 15.6. The van der Waals surface area contributed by atoms with E-state index >= 15 is 0 Å². The van der Waals surface area contributed by atoms with Gasteiger partial charge in [0.25, 0.3) is 0 Å². The first-order valence-electron chi connectivity index (χ1n) is 30.5. The van der Waals surface area contributed by atoms with Gasteiger partial charge in [0.05, 0.1) is 79.3 Å². The Bertz CT molecular complexity index is 2510. The summed E-state index contributed by atoms with van der Waals surface area (Å²) >= 11 is 0. The molecule has 0 aliphatic rings. The Hall–Kier alpha value is -6.56. The molecule has 0 N–H and O–H groups in total. The molecule has 0 atom stereocenters. The van der Waals surface area contributed by atoms with Crippen LogP contribution in [0.3, 0.4) is 0 Å². The van der Waals surface area contributed by atoms with Gasteiger partial charge in [-0.05, 0) is 125 Å². The highest BCUT2D eigenvalue weighted by Gasteiger charge is 2.29. The molecule has 7 rings (SSSR count). The van der Waals surface area contributed by atoms with E-state index < -0.39 is 0 Å². The van der Waals surface area contributed by atoms with Crippen molar-refractivity contribution < 1.29 is 56.8 Å². The molecule has 0 radical (unpaired) electrons. The number of rotatable bonds is 48. The number of unbranched alkanes of at least 4 members (excludes halogenated alkanes) is 16. The fraction of sp³-hybridized carbons (Fsp3) is 0.529. The van der Waals surface area contributed by atoms with Gasteiger partial charge in [-0.1, -0.05) is 101 Å². The Morgan fingerprint density at radius 1 is 0.225 bits per heavy atom. The summed E-state index contributed by atoms with van der Waals surface area (Å²) in [6, 6.07) is 18.2. The van der Waals surface area contributed by atoms with Crippen molar-refractivity contribution in [3.8, 4) is 23.0 Å². The molecule has 0 heterocycles. The summed E-state index contributed by atoms with van der Waals surface area (Å²) in [5.74, 6) is 3.35. The lowest BCUT2D eigenvalue weighted by Gasteiger charge is -2.26. The summed E-state index contributed by atoms with van der Waals surface area (Å²) in [5, 5.41) is 14.1. The minimum Gasteiger partial charge on any atom is -0.498 e. The third-order valence-electron chi connectivity index (χ3n) is 14.5. The van der Waals surface area contributed by atoms with E-state index in [1.54, 1.807) is 50.1 Å². The van der Waals surface area contributed by atoms with E-state index in [0.717, 1.165) is 173 Å². The summed E-state index contributed by atoms with van der Waals surface area (Å²) in [4.78, 5) is 0. The van der Waals surface area contributed by atoms with Gasteiger partial charge in [-0.2, -0.15) is 0 Å². The van der Waals surface area contributed by atoms with Gasteiger partial charge in [0, 0.05) is 43.1 Å². The molecule has 0 aromatic heterocycles. The minimum atomic E-state index is 0.600. The number of ether oxygens (including phenoxy) is 12. The van der Waals surface area contributed by atoms with Gasteiger partial charge in [-0.15, -0.1) is 0 Å². The summed E-state index contributed by atoms with van der Waals surface area (Å²) in [6.07, 6.45) is 34.0. The van der Waals surface area contributed by atoms with E-state index in [-0.39, 0.29) is 0 Å². The fourth-order valence-corrected chi connectivity index (χ4v) is 10.6. The second-order valence-corrected chi connectivity index (χ2v) is 20.3. The second kappa shape index (κ2) is 35.9. The van der Waals surface area contributed by atoms with E-state index in [2.05, 4.69) is 48.5 Å². The van der Waals surface area contributed by atoms with Crippen molar-refractivity contribution >= 4 is 64.6 Å².